The summed E-state index contributed by atoms with van der Waals surface area (Å²) >= 11 is 0. The Labute approximate surface area is 150 Å². The van der Waals surface area contributed by atoms with E-state index in [1.807, 2.05) is 31.2 Å². The van der Waals surface area contributed by atoms with Crippen molar-refractivity contribution < 1.29 is 14.3 Å². The summed E-state index contributed by atoms with van der Waals surface area (Å²) in [4.78, 5) is 12.4. The molecule has 0 saturated heterocycles. The molecule has 5 rings (SSSR count). The zero-order chi connectivity index (χ0) is 17.6. The van der Waals surface area contributed by atoms with Gasteiger partial charge in [0.15, 0.2) is 6.61 Å². The molecule has 4 saturated carbocycles. The van der Waals surface area contributed by atoms with E-state index in [0.717, 1.165) is 23.0 Å². The number of ether oxygens (including phenoxy) is 2. The van der Waals surface area contributed by atoms with Crippen LogP contribution in [0, 0.1) is 23.7 Å². The molecule has 0 unspecified atom stereocenters. The molecule has 4 bridgehead atoms. The maximum atomic E-state index is 12.4. The summed E-state index contributed by atoms with van der Waals surface area (Å²) in [6.07, 6.45) is 6.35. The first kappa shape index (κ1) is 16.7. The summed E-state index contributed by atoms with van der Waals surface area (Å²) in [7, 11) is 0. The predicted molar refractivity (Wildman–Crippen MR) is 98.2 cm³/mol. The summed E-state index contributed by atoms with van der Waals surface area (Å²) in [6.45, 7) is 8.04. The van der Waals surface area contributed by atoms with E-state index in [-0.39, 0.29) is 18.2 Å². The Morgan fingerprint density at radius 2 is 1.64 bits per heavy atom. The molecule has 0 N–H and O–H groups in total. The van der Waals surface area contributed by atoms with Crippen molar-refractivity contribution in [2.45, 2.75) is 51.6 Å². The zero-order valence-corrected chi connectivity index (χ0v) is 15.3. The van der Waals surface area contributed by atoms with E-state index in [0.29, 0.717) is 17.6 Å². The molecular formula is C22H28O3. The lowest BCUT2D eigenvalue weighted by Crippen LogP contribution is -2.58. The molecule has 4 aliphatic carbocycles. The normalized spacial score (nSPS) is 35.4. The van der Waals surface area contributed by atoms with Gasteiger partial charge in [0.2, 0.25) is 0 Å². The van der Waals surface area contributed by atoms with Crippen LogP contribution in [0.15, 0.2) is 30.8 Å². The lowest BCUT2D eigenvalue weighted by Gasteiger charge is -2.59. The lowest BCUT2D eigenvalue weighted by molar-refractivity contribution is -0.204. The Morgan fingerprint density at radius 1 is 1.08 bits per heavy atom. The summed E-state index contributed by atoms with van der Waals surface area (Å²) in [5.41, 5.74) is 1.81. The highest BCUT2D eigenvalue weighted by molar-refractivity contribution is 5.72. The summed E-state index contributed by atoms with van der Waals surface area (Å²) in [5, 5.41) is 0. The molecular weight excluding hydrogens is 312 g/mol. The standard InChI is InChI=1S/C22H28O3/c1-14(2)17-4-6-20(7-5-17)24-13-21(23)25-22(3)18-9-15-8-16(11-18)12-19(22)10-15/h4-7,15-16,18-19H,1,8-13H2,2-3H3. The molecule has 1 aromatic rings. The quantitative estimate of drug-likeness (QED) is 0.718. The Bertz CT molecular complexity index is 645. The van der Waals surface area contributed by atoms with Crippen molar-refractivity contribution in [3.05, 3.63) is 36.4 Å². The molecule has 4 aliphatic rings. The average Bonchev–Trinajstić information content (AvgIpc) is 2.58. The minimum atomic E-state index is -0.280. The van der Waals surface area contributed by atoms with E-state index in [2.05, 4.69) is 13.5 Å². The van der Waals surface area contributed by atoms with Crippen LogP contribution in [0.3, 0.4) is 0 Å². The minimum absolute atomic E-state index is 0.0195. The summed E-state index contributed by atoms with van der Waals surface area (Å²) in [5.74, 6) is 3.29. The molecule has 1 aromatic carbocycles. The van der Waals surface area contributed by atoms with Crippen LogP contribution in [-0.4, -0.2) is 18.2 Å². The second kappa shape index (κ2) is 6.19. The van der Waals surface area contributed by atoms with Gasteiger partial charge in [-0.05, 0) is 87.3 Å². The molecule has 4 fully saturated rings. The fourth-order valence-electron chi connectivity index (χ4n) is 5.54. The highest BCUT2D eigenvalue weighted by atomic mass is 16.6. The van der Waals surface area contributed by atoms with Crippen LogP contribution < -0.4 is 4.74 Å². The van der Waals surface area contributed by atoms with E-state index < -0.39 is 0 Å². The fraction of sp³-hybridized carbons (Fsp3) is 0.591. The molecule has 0 radical (unpaired) electrons. The van der Waals surface area contributed by atoms with Gasteiger partial charge in [0.05, 0.1) is 0 Å². The van der Waals surface area contributed by atoms with Crippen LogP contribution in [0.5, 0.6) is 5.75 Å². The second-order valence-corrected chi connectivity index (χ2v) is 8.56. The Morgan fingerprint density at radius 3 is 2.16 bits per heavy atom. The van der Waals surface area contributed by atoms with Crippen molar-refractivity contribution >= 4 is 11.5 Å². The lowest BCUT2D eigenvalue weighted by atomic mass is 9.50. The highest BCUT2D eigenvalue weighted by Crippen LogP contribution is 2.59. The number of rotatable bonds is 5. The third-order valence-electron chi connectivity index (χ3n) is 6.80. The third-order valence-corrected chi connectivity index (χ3v) is 6.80. The Kier molecular flexibility index (Phi) is 4.13. The van der Waals surface area contributed by atoms with Crippen molar-refractivity contribution in [1.29, 1.82) is 0 Å². The zero-order valence-electron chi connectivity index (χ0n) is 15.3. The number of benzene rings is 1. The van der Waals surface area contributed by atoms with Gasteiger partial charge in [0, 0.05) is 0 Å². The first-order chi connectivity index (χ1) is 11.9. The van der Waals surface area contributed by atoms with Gasteiger partial charge in [0.1, 0.15) is 11.4 Å². The van der Waals surface area contributed by atoms with E-state index in [1.165, 1.54) is 32.1 Å². The van der Waals surface area contributed by atoms with Gasteiger partial charge in [-0.1, -0.05) is 24.3 Å². The molecule has 0 atom stereocenters. The molecule has 0 aromatic heterocycles. The maximum Gasteiger partial charge on any atom is 0.344 e. The van der Waals surface area contributed by atoms with Crippen LogP contribution in [-0.2, 0) is 9.53 Å². The van der Waals surface area contributed by atoms with Gasteiger partial charge in [0.25, 0.3) is 0 Å². The number of allylic oxidation sites excluding steroid dienone is 1. The minimum Gasteiger partial charge on any atom is -0.482 e. The van der Waals surface area contributed by atoms with E-state index >= 15 is 0 Å². The maximum absolute atomic E-state index is 12.4. The second-order valence-electron chi connectivity index (χ2n) is 8.56. The number of carbonyl (C=O) groups is 1. The van der Waals surface area contributed by atoms with Crippen molar-refractivity contribution in [1.82, 2.24) is 0 Å². The fourth-order valence-corrected chi connectivity index (χ4v) is 5.54. The van der Waals surface area contributed by atoms with E-state index in [4.69, 9.17) is 9.47 Å². The van der Waals surface area contributed by atoms with Crippen LogP contribution >= 0.6 is 0 Å². The van der Waals surface area contributed by atoms with Crippen LogP contribution in [0.1, 0.15) is 51.5 Å². The molecule has 0 amide bonds. The topological polar surface area (TPSA) is 35.5 Å². The van der Waals surface area contributed by atoms with Crippen molar-refractivity contribution in [3.63, 3.8) is 0 Å². The average molecular weight is 340 g/mol. The van der Waals surface area contributed by atoms with E-state index in [9.17, 15) is 4.79 Å². The number of carbonyl (C=O) groups excluding carboxylic acids is 1. The van der Waals surface area contributed by atoms with Gasteiger partial charge in [-0.3, -0.25) is 0 Å². The molecule has 0 aliphatic heterocycles. The van der Waals surface area contributed by atoms with Crippen LogP contribution in [0.25, 0.3) is 5.57 Å². The van der Waals surface area contributed by atoms with Crippen molar-refractivity contribution in [2.75, 3.05) is 6.61 Å². The molecule has 0 spiro atoms. The van der Waals surface area contributed by atoms with Gasteiger partial charge in [-0.15, -0.1) is 0 Å². The highest BCUT2D eigenvalue weighted by Gasteiger charge is 2.57. The SMILES string of the molecule is C=C(C)c1ccc(OCC(=O)OC2(C)C3CC4CC(C3)CC2C4)cc1. The van der Waals surface area contributed by atoms with E-state index in [1.54, 1.807) is 0 Å². The number of hydrogen-bond donors (Lipinski definition) is 0. The monoisotopic (exact) mass is 340 g/mol. The first-order valence-corrected chi connectivity index (χ1v) is 9.54. The van der Waals surface area contributed by atoms with Crippen molar-refractivity contribution in [2.24, 2.45) is 23.7 Å². The van der Waals surface area contributed by atoms with Crippen LogP contribution in [0.4, 0.5) is 0 Å². The number of esters is 1. The molecule has 25 heavy (non-hydrogen) atoms. The van der Waals surface area contributed by atoms with Crippen molar-refractivity contribution in [3.8, 4) is 5.75 Å². The van der Waals surface area contributed by atoms with Gasteiger partial charge < -0.3 is 9.47 Å². The molecule has 3 nitrogen and oxygen atoms in total. The Hall–Kier alpha value is -1.77. The van der Waals surface area contributed by atoms with Crippen LogP contribution in [0.2, 0.25) is 0 Å². The summed E-state index contributed by atoms with van der Waals surface area (Å²) < 4.78 is 11.7. The molecule has 134 valence electrons. The van der Waals surface area contributed by atoms with Gasteiger partial charge in [-0.2, -0.15) is 0 Å². The largest absolute Gasteiger partial charge is 0.482 e. The smallest absolute Gasteiger partial charge is 0.344 e. The van der Waals surface area contributed by atoms with Gasteiger partial charge in [-0.25, -0.2) is 4.79 Å². The number of hydrogen-bond acceptors (Lipinski definition) is 3. The first-order valence-electron chi connectivity index (χ1n) is 9.54. The molecule has 0 heterocycles. The summed E-state index contributed by atoms with van der Waals surface area (Å²) in [6, 6.07) is 7.67. The molecule has 3 heteroatoms. The van der Waals surface area contributed by atoms with Gasteiger partial charge >= 0.3 is 5.97 Å². The Balaban J connectivity index is 1.35. The third kappa shape index (κ3) is 3.09. The predicted octanol–water partition coefficient (Wildman–Crippen LogP) is 4.86.